The molecule has 0 bridgehead atoms. The second kappa shape index (κ2) is 30.5. The quantitative estimate of drug-likeness (QED) is 0.0354. The van der Waals surface area contributed by atoms with Gasteiger partial charge in [0, 0.05) is 62.5 Å². The molecule has 9 aromatic rings. The summed E-state index contributed by atoms with van der Waals surface area (Å²) in [6.07, 6.45) is 11.8. The molecule has 538 valence electrons. The molecule has 3 N–H and O–H groups in total. The van der Waals surface area contributed by atoms with Crippen LogP contribution < -0.4 is 16.0 Å². The van der Waals surface area contributed by atoms with E-state index in [0.717, 1.165) is 107 Å². The zero-order chi connectivity index (χ0) is 73.2. The van der Waals surface area contributed by atoms with E-state index >= 15 is 0 Å². The summed E-state index contributed by atoms with van der Waals surface area (Å²) in [6.45, 7) is 9.66. The van der Waals surface area contributed by atoms with Crippen molar-refractivity contribution in [3.05, 3.63) is 176 Å². The lowest BCUT2D eigenvalue weighted by Crippen LogP contribution is -2.22. The summed E-state index contributed by atoms with van der Waals surface area (Å²) < 4.78 is 114. The summed E-state index contributed by atoms with van der Waals surface area (Å²) in [5.74, 6) is -0.336. The Morgan fingerprint density at radius 2 is 0.772 bits per heavy atom. The van der Waals surface area contributed by atoms with Crippen LogP contribution in [0.5, 0.6) is 0 Å². The molecule has 12 rings (SSSR count). The van der Waals surface area contributed by atoms with Crippen molar-refractivity contribution in [2.24, 2.45) is 0 Å². The third-order valence-corrected chi connectivity index (χ3v) is 23.9. The molecule has 0 aliphatic heterocycles. The molecule has 0 saturated heterocycles. The van der Waals surface area contributed by atoms with Gasteiger partial charge >= 0.3 is 5.97 Å². The van der Waals surface area contributed by atoms with Gasteiger partial charge in [0.25, 0.3) is 27.8 Å². The molecule has 3 saturated carbocycles. The lowest BCUT2D eigenvalue weighted by atomic mass is 9.95. The Balaban J connectivity index is 0.000000164. The number of aromatic nitrogens is 6. The average Bonchev–Trinajstić information content (AvgIpc) is 1.62. The Labute approximate surface area is 591 Å². The minimum absolute atomic E-state index is 0.0158. The van der Waals surface area contributed by atoms with Crippen molar-refractivity contribution in [3.63, 3.8) is 0 Å². The molecule has 3 aliphatic carbocycles. The van der Waals surface area contributed by atoms with Gasteiger partial charge in [-0.1, -0.05) is 60.0 Å². The van der Waals surface area contributed by atoms with Crippen LogP contribution in [0.4, 0.5) is 0 Å². The molecule has 6 aromatic carbocycles. The van der Waals surface area contributed by atoms with Crippen LogP contribution in [-0.4, -0.2) is 146 Å². The van der Waals surface area contributed by atoms with Crippen LogP contribution in [-0.2, 0) is 53.3 Å². The number of hydrogen-bond acceptors (Lipinski definition) is 17. The van der Waals surface area contributed by atoms with E-state index in [2.05, 4.69) is 21.0 Å². The molecule has 0 radical (unpaired) electrons. The topological polar surface area (TPSA) is 313 Å². The Kier molecular flexibility index (Phi) is 22.7. The van der Waals surface area contributed by atoms with E-state index in [9.17, 15) is 52.8 Å². The van der Waals surface area contributed by atoms with E-state index in [4.69, 9.17) is 19.1 Å². The maximum absolute atomic E-state index is 13.0. The second-order valence-electron chi connectivity index (χ2n) is 26.7. The zero-order valence-electron chi connectivity index (χ0n) is 59.1. The molecule has 3 amide bonds. The monoisotopic (exact) mass is 1460 g/mol. The van der Waals surface area contributed by atoms with Crippen molar-refractivity contribution >= 4 is 96.0 Å². The summed E-state index contributed by atoms with van der Waals surface area (Å²) in [7, 11) is -9.29. The first-order valence-corrected chi connectivity index (χ1v) is 41.6. The van der Waals surface area contributed by atoms with Crippen LogP contribution in [0.15, 0.2) is 109 Å². The van der Waals surface area contributed by atoms with Crippen molar-refractivity contribution < 1.29 is 61.8 Å². The molecule has 23 nitrogen and oxygen atoms in total. The van der Waals surface area contributed by atoms with Crippen molar-refractivity contribution in [1.82, 2.24) is 45.3 Å². The van der Waals surface area contributed by atoms with Gasteiger partial charge in [-0.15, -0.1) is 0 Å². The van der Waals surface area contributed by atoms with Crippen LogP contribution >= 0.6 is 0 Å². The van der Waals surface area contributed by atoms with Crippen molar-refractivity contribution in [2.75, 3.05) is 59.4 Å². The number of nitrogens with one attached hydrogen (secondary N) is 3. The Morgan fingerprint density at radius 1 is 0.465 bits per heavy atom. The summed E-state index contributed by atoms with van der Waals surface area (Å²) in [4.78, 5) is 50.5. The molecule has 0 spiro atoms. The summed E-state index contributed by atoms with van der Waals surface area (Å²) in [6, 6.07) is 34.4. The predicted octanol–water partition coefficient (Wildman–Crippen LogP) is 11.5. The molecular weight excluding hydrogens is 1370 g/mol. The summed E-state index contributed by atoms with van der Waals surface area (Å²) >= 11 is 0. The first-order chi connectivity index (χ1) is 47.8. The number of hydrogen-bond donors (Lipinski definition) is 3. The Morgan fingerprint density at radius 3 is 1.04 bits per heavy atom. The van der Waals surface area contributed by atoms with Gasteiger partial charge < -0.3 is 20.7 Å². The third kappa shape index (κ3) is 17.5. The van der Waals surface area contributed by atoms with Gasteiger partial charge in [-0.25, -0.2) is 39.3 Å². The molecule has 101 heavy (non-hydrogen) atoms. The number of esters is 1. The number of aryl methyl sites for hydroxylation is 3. The number of rotatable bonds is 25. The molecule has 3 aromatic heterocycles. The van der Waals surface area contributed by atoms with Gasteiger partial charge in [-0.2, -0.15) is 23.7 Å². The molecular formula is C74H89N9O14S4. The van der Waals surface area contributed by atoms with Gasteiger partial charge in [0.05, 0.1) is 68.8 Å². The van der Waals surface area contributed by atoms with E-state index < -0.39 is 55.4 Å². The highest BCUT2D eigenvalue weighted by Gasteiger charge is 2.38. The zero-order valence-corrected chi connectivity index (χ0v) is 62.3. The summed E-state index contributed by atoms with van der Waals surface area (Å²) in [5, 5.41) is 22.1. The average molecular weight is 1460 g/mol. The first kappa shape index (κ1) is 75.0. The summed E-state index contributed by atoms with van der Waals surface area (Å²) in [5.41, 5.74) is 13.4. The first-order valence-electron chi connectivity index (χ1n) is 33.9. The molecule has 3 heterocycles. The number of carbonyl (C=O) groups is 4. The highest BCUT2D eigenvalue weighted by atomic mass is 32.2. The minimum Gasteiger partial charge on any atom is -0.466 e. The van der Waals surface area contributed by atoms with E-state index in [-0.39, 0.29) is 55.0 Å². The lowest BCUT2D eigenvalue weighted by molar-refractivity contribution is -0.143. The number of amides is 3. The van der Waals surface area contributed by atoms with E-state index in [1.165, 1.54) is 12.5 Å². The van der Waals surface area contributed by atoms with Crippen LogP contribution in [0.2, 0.25) is 0 Å². The van der Waals surface area contributed by atoms with E-state index in [1.54, 1.807) is 48.2 Å². The Hall–Kier alpha value is -8.63. The van der Waals surface area contributed by atoms with Gasteiger partial charge in [0.2, 0.25) is 0 Å². The number of fused-ring (bicyclic) bond motifs is 3. The normalized spacial score (nSPS) is 15.0. The van der Waals surface area contributed by atoms with Gasteiger partial charge in [-0.05, 0) is 216 Å². The maximum Gasteiger partial charge on any atom is 0.305 e. The number of nitrogens with zero attached hydrogens (tertiary/aromatic N) is 6. The van der Waals surface area contributed by atoms with Gasteiger partial charge in [-0.3, -0.25) is 23.4 Å². The van der Waals surface area contributed by atoms with E-state index in [0.29, 0.717) is 93.0 Å². The predicted molar refractivity (Wildman–Crippen MR) is 392 cm³/mol. The number of benzene rings is 6. The highest BCUT2D eigenvalue weighted by Crippen LogP contribution is 2.50. The fraction of sp³-hybridized carbons (Fsp3) is 0.419. The standard InChI is InChI=1S/C27H33N3O5S.C24H29N3O6S2.C23H27N3O3S/c1-5-35-25(31)8-6-7-24(36(4,33)34)21-16-23-22(15-20(21)18-11-12-18)26(27(32)28-3)30(29-23)19-13-9-17(2)10-14-19;1-15-5-9-17(10-6-15)27-23(24(28)25-2)20-13-18(16-7-8-16)19(14-21(20)26-27)22(34(3,29)30)11-12-33-35(4,31)32;1-5-21(30(4,28)29)18-13-20-19(12-17(18)15-8-9-15)22(23(27)24-3)26(25-20)16-10-6-14(2)7-11-16/h9-10,13-16,18,24H,5-8,11-12H2,1-4H3,(H,28,32);5-6,9-10,13-14,16,22H,7-8,11-12H2,1-4H3,(H,25,28);6-7,10-13,15,21H,5,8-9H2,1-4H3,(H,24,27)/t24-;22-;21-/m111/s1. The van der Waals surface area contributed by atoms with Crippen LogP contribution in [0, 0.1) is 20.8 Å². The van der Waals surface area contributed by atoms with Crippen molar-refractivity contribution in [3.8, 4) is 17.1 Å². The van der Waals surface area contributed by atoms with Crippen LogP contribution in [0.25, 0.3) is 49.8 Å². The highest BCUT2D eigenvalue weighted by molar-refractivity contribution is 7.91. The van der Waals surface area contributed by atoms with Crippen LogP contribution in [0.3, 0.4) is 0 Å². The molecule has 3 fully saturated rings. The van der Waals surface area contributed by atoms with E-state index in [1.807, 2.05) is 131 Å². The van der Waals surface area contributed by atoms with Gasteiger partial charge in [0.1, 0.15) is 17.1 Å². The molecule has 27 heteroatoms. The molecule has 3 aliphatic rings. The lowest BCUT2D eigenvalue weighted by Gasteiger charge is -2.19. The van der Waals surface area contributed by atoms with Crippen molar-refractivity contribution in [1.29, 1.82) is 0 Å². The number of carbonyl (C=O) groups excluding carboxylic acids is 4. The number of sulfone groups is 3. The third-order valence-electron chi connectivity index (χ3n) is 18.6. The second-order valence-corrected chi connectivity index (χ2v) is 35.0. The molecule has 0 unspecified atom stereocenters. The minimum atomic E-state index is -3.70. The fourth-order valence-corrected chi connectivity index (χ4v) is 17.3. The Bertz CT molecular complexity index is 5110. The largest absolute Gasteiger partial charge is 0.466 e. The SMILES string of the molecule is CCOC(=O)CCC[C@H](c1cc2nn(-c3ccc(C)cc3)c(C(=O)NC)c2cc1C1CC1)S(C)(=O)=O.CC[C@H](c1cc2nn(-c3ccc(C)cc3)c(C(=O)NC)c2cc1C1CC1)S(C)(=O)=O.CNC(=O)c1c2cc(C3CC3)c([C@@H](CCOS(C)(=O)=O)S(C)(=O)=O)cc2nn1-c1ccc(C)cc1. The fourth-order valence-electron chi connectivity index (χ4n) is 13.1. The maximum atomic E-state index is 13.0. The van der Waals surface area contributed by atoms with Crippen molar-refractivity contribution in [2.45, 2.75) is 139 Å². The van der Waals surface area contributed by atoms with Crippen LogP contribution in [0.1, 0.15) is 200 Å². The molecule has 3 atom stereocenters. The number of ether oxygens (including phenoxy) is 1. The van der Waals surface area contributed by atoms with Gasteiger partial charge in [0.15, 0.2) is 29.5 Å². The smallest absolute Gasteiger partial charge is 0.305 e.